The van der Waals surface area contributed by atoms with Crippen LogP contribution in [0.1, 0.15) is 88.7 Å². The maximum absolute atomic E-state index is 14.6. The number of halogens is 3. The fourth-order valence-electron chi connectivity index (χ4n) is 5.92. The van der Waals surface area contributed by atoms with E-state index >= 15 is 0 Å². The lowest BCUT2D eigenvalue weighted by Crippen LogP contribution is -2.24. The van der Waals surface area contributed by atoms with Crippen LogP contribution in [0.15, 0.2) is 36.4 Å². The van der Waals surface area contributed by atoms with Crippen LogP contribution in [0, 0.1) is 23.6 Å². The molecule has 2 aromatic rings. The average molecular weight is 445 g/mol. The van der Waals surface area contributed by atoms with Crippen LogP contribution in [0.3, 0.4) is 0 Å². The zero-order chi connectivity index (χ0) is 22.7. The zero-order valence-electron chi connectivity index (χ0n) is 19.3. The SMILES string of the molecule is CCOc1ccc(-c2ccc(C3CCC(C4CCC(C)CC4)CC3)cc2)c(C(F)F)c1F. The first-order valence-electron chi connectivity index (χ1n) is 12.3. The first kappa shape index (κ1) is 23.2. The lowest BCUT2D eigenvalue weighted by molar-refractivity contribution is 0.145. The van der Waals surface area contributed by atoms with Crippen molar-refractivity contribution in [1.29, 1.82) is 0 Å². The van der Waals surface area contributed by atoms with Gasteiger partial charge in [0.1, 0.15) is 0 Å². The molecule has 32 heavy (non-hydrogen) atoms. The van der Waals surface area contributed by atoms with Crippen molar-refractivity contribution in [2.75, 3.05) is 6.61 Å². The van der Waals surface area contributed by atoms with E-state index in [4.69, 9.17) is 4.74 Å². The van der Waals surface area contributed by atoms with Gasteiger partial charge in [-0.15, -0.1) is 0 Å². The molecular formula is C28H35F3O. The van der Waals surface area contributed by atoms with Crippen molar-refractivity contribution in [2.45, 2.75) is 77.6 Å². The Morgan fingerprint density at radius 3 is 2.00 bits per heavy atom. The molecule has 0 unspecified atom stereocenters. The molecule has 0 bridgehead atoms. The number of rotatable bonds is 6. The fourth-order valence-corrected chi connectivity index (χ4v) is 5.92. The third-order valence-electron chi connectivity index (χ3n) is 7.85. The summed E-state index contributed by atoms with van der Waals surface area (Å²) in [6, 6.07) is 10.8. The minimum Gasteiger partial charge on any atom is -0.491 e. The highest BCUT2D eigenvalue weighted by atomic mass is 19.3. The van der Waals surface area contributed by atoms with Gasteiger partial charge in [-0.3, -0.25) is 0 Å². The highest BCUT2D eigenvalue weighted by Gasteiger charge is 2.30. The molecule has 2 aliphatic carbocycles. The van der Waals surface area contributed by atoms with Gasteiger partial charge in [0.2, 0.25) is 0 Å². The van der Waals surface area contributed by atoms with Gasteiger partial charge in [-0.1, -0.05) is 44.0 Å². The van der Waals surface area contributed by atoms with Crippen LogP contribution in [-0.2, 0) is 0 Å². The van der Waals surface area contributed by atoms with Crippen molar-refractivity contribution in [3.05, 3.63) is 53.3 Å². The second-order valence-corrected chi connectivity index (χ2v) is 9.83. The van der Waals surface area contributed by atoms with Gasteiger partial charge in [-0.05, 0) is 97.9 Å². The van der Waals surface area contributed by atoms with Gasteiger partial charge in [-0.25, -0.2) is 13.2 Å². The average Bonchev–Trinajstić information content (AvgIpc) is 2.81. The van der Waals surface area contributed by atoms with Gasteiger partial charge in [-0.2, -0.15) is 0 Å². The summed E-state index contributed by atoms with van der Waals surface area (Å²) < 4.78 is 47.2. The molecule has 0 radical (unpaired) electrons. The molecule has 2 fully saturated rings. The van der Waals surface area contributed by atoms with E-state index in [9.17, 15) is 13.2 Å². The smallest absolute Gasteiger partial charge is 0.267 e. The molecule has 174 valence electrons. The predicted molar refractivity (Wildman–Crippen MR) is 124 cm³/mol. The van der Waals surface area contributed by atoms with Gasteiger partial charge in [0.25, 0.3) is 6.43 Å². The second-order valence-electron chi connectivity index (χ2n) is 9.83. The first-order chi connectivity index (χ1) is 15.5. The minimum absolute atomic E-state index is 0.118. The van der Waals surface area contributed by atoms with Crippen molar-refractivity contribution in [3.63, 3.8) is 0 Å². The highest BCUT2D eigenvalue weighted by Crippen LogP contribution is 2.44. The van der Waals surface area contributed by atoms with E-state index < -0.39 is 17.8 Å². The monoisotopic (exact) mass is 444 g/mol. The summed E-state index contributed by atoms with van der Waals surface area (Å²) in [4.78, 5) is 0. The Hall–Kier alpha value is -1.97. The standard InChI is InChI=1S/C28H35F3O/c1-3-32-25-17-16-24(26(27(25)29)28(30)31)23-14-12-22(13-15-23)21-10-8-20(9-11-21)19-6-4-18(2)5-7-19/h12-21,28H,3-11H2,1-2H3. The molecule has 1 nitrogen and oxygen atoms in total. The van der Waals surface area contributed by atoms with E-state index in [2.05, 4.69) is 6.92 Å². The van der Waals surface area contributed by atoms with Gasteiger partial charge < -0.3 is 4.74 Å². The quantitative estimate of drug-likeness (QED) is 0.432. The molecule has 0 saturated heterocycles. The maximum Gasteiger partial charge on any atom is 0.267 e. The third-order valence-corrected chi connectivity index (χ3v) is 7.85. The largest absolute Gasteiger partial charge is 0.491 e. The molecule has 0 atom stereocenters. The Labute approximate surface area is 190 Å². The molecule has 2 aromatic carbocycles. The first-order valence-corrected chi connectivity index (χ1v) is 12.3. The Bertz CT molecular complexity index is 876. The summed E-state index contributed by atoms with van der Waals surface area (Å²) in [5, 5.41) is 0. The molecule has 4 rings (SSSR count). The van der Waals surface area contributed by atoms with Crippen molar-refractivity contribution in [2.24, 2.45) is 17.8 Å². The van der Waals surface area contributed by atoms with Crippen molar-refractivity contribution >= 4 is 0 Å². The second kappa shape index (κ2) is 10.3. The number of hydrogen-bond acceptors (Lipinski definition) is 1. The highest BCUT2D eigenvalue weighted by molar-refractivity contribution is 5.69. The normalized spacial score (nSPS) is 26.3. The number of alkyl halides is 2. The topological polar surface area (TPSA) is 9.23 Å². The molecule has 0 spiro atoms. The van der Waals surface area contributed by atoms with E-state index in [1.807, 2.05) is 24.3 Å². The molecule has 0 aliphatic heterocycles. The van der Waals surface area contributed by atoms with Crippen LogP contribution in [0.25, 0.3) is 11.1 Å². The summed E-state index contributed by atoms with van der Waals surface area (Å²) in [6.45, 7) is 4.32. The minimum atomic E-state index is -2.90. The summed E-state index contributed by atoms with van der Waals surface area (Å²) in [7, 11) is 0. The lowest BCUT2D eigenvalue weighted by Gasteiger charge is -2.37. The van der Waals surface area contributed by atoms with E-state index in [0.29, 0.717) is 11.5 Å². The number of hydrogen-bond donors (Lipinski definition) is 0. The lowest BCUT2D eigenvalue weighted by atomic mass is 9.68. The fraction of sp³-hybridized carbons (Fsp3) is 0.571. The summed E-state index contributed by atoms with van der Waals surface area (Å²) in [6.07, 6.45) is 7.68. The van der Waals surface area contributed by atoms with Crippen LogP contribution >= 0.6 is 0 Å². The van der Waals surface area contributed by atoms with Crippen molar-refractivity contribution in [1.82, 2.24) is 0 Å². The van der Waals surface area contributed by atoms with E-state index in [-0.39, 0.29) is 17.9 Å². The van der Waals surface area contributed by atoms with E-state index in [1.54, 1.807) is 13.0 Å². The number of benzene rings is 2. The van der Waals surface area contributed by atoms with Crippen LogP contribution in [0.4, 0.5) is 13.2 Å². The van der Waals surface area contributed by atoms with Gasteiger partial charge >= 0.3 is 0 Å². The van der Waals surface area contributed by atoms with Crippen LogP contribution in [-0.4, -0.2) is 6.61 Å². The maximum atomic E-state index is 14.6. The summed E-state index contributed by atoms with van der Waals surface area (Å²) in [5.74, 6) is 2.14. The van der Waals surface area contributed by atoms with Gasteiger partial charge in [0, 0.05) is 0 Å². The molecule has 2 aliphatic rings. The molecule has 0 amide bonds. The Morgan fingerprint density at radius 1 is 0.844 bits per heavy atom. The Morgan fingerprint density at radius 2 is 1.44 bits per heavy atom. The van der Waals surface area contributed by atoms with Gasteiger partial charge in [0.15, 0.2) is 11.6 Å². The predicted octanol–water partition coefficient (Wildman–Crippen LogP) is 8.93. The van der Waals surface area contributed by atoms with E-state index in [0.717, 1.165) is 17.8 Å². The molecule has 0 aromatic heterocycles. The molecule has 2 saturated carbocycles. The van der Waals surface area contributed by atoms with Crippen LogP contribution < -0.4 is 4.74 Å². The molecule has 4 heteroatoms. The number of ether oxygens (including phenoxy) is 1. The van der Waals surface area contributed by atoms with Crippen LogP contribution in [0.2, 0.25) is 0 Å². The zero-order valence-corrected chi connectivity index (χ0v) is 19.3. The third kappa shape index (κ3) is 5.00. The summed E-state index contributed by atoms with van der Waals surface area (Å²) in [5.41, 5.74) is 1.55. The summed E-state index contributed by atoms with van der Waals surface area (Å²) >= 11 is 0. The molecule has 0 heterocycles. The van der Waals surface area contributed by atoms with Crippen molar-refractivity contribution < 1.29 is 17.9 Å². The molecule has 0 N–H and O–H groups in total. The van der Waals surface area contributed by atoms with E-state index in [1.165, 1.54) is 63.0 Å². The van der Waals surface area contributed by atoms with Gasteiger partial charge in [0.05, 0.1) is 12.2 Å². The molecular weight excluding hydrogens is 409 g/mol. The van der Waals surface area contributed by atoms with Crippen LogP contribution in [0.5, 0.6) is 5.75 Å². The Kier molecular flexibility index (Phi) is 7.48. The Balaban J connectivity index is 1.44. The van der Waals surface area contributed by atoms with Crippen molar-refractivity contribution in [3.8, 4) is 16.9 Å².